The second kappa shape index (κ2) is 9.28. The predicted octanol–water partition coefficient (Wildman–Crippen LogP) is 4.21. The van der Waals surface area contributed by atoms with Crippen LogP contribution < -0.4 is 10.1 Å². The van der Waals surface area contributed by atoms with Crippen LogP contribution in [0.2, 0.25) is 0 Å². The number of carbonyl (C=O) groups excluding carboxylic acids is 1. The highest BCUT2D eigenvalue weighted by molar-refractivity contribution is 6.05. The molecule has 156 valence electrons. The Hall–Kier alpha value is -3.90. The summed E-state index contributed by atoms with van der Waals surface area (Å²) in [5, 5.41) is 20.8. The number of fused-ring (bicyclic) bond motifs is 1. The molecule has 0 aliphatic rings. The van der Waals surface area contributed by atoms with Crippen LogP contribution in [-0.4, -0.2) is 34.9 Å². The summed E-state index contributed by atoms with van der Waals surface area (Å²) < 4.78 is 5.63. The Kier molecular flexibility index (Phi) is 6.10. The Bertz CT molecular complexity index is 1200. The first kappa shape index (κ1) is 20.4. The lowest BCUT2D eigenvalue weighted by molar-refractivity contribution is 0.0913. The molecule has 6 nitrogen and oxygen atoms in total. The van der Waals surface area contributed by atoms with Crippen molar-refractivity contribution in [1.29, 1.82) is 0 Å². The first-order valence-electron chi connectivity index (χ1n) is 9.96. The van der Waals surface area contributed by atoms with Crippen molar-refractivity contribution in [3.63, 3.8) is 0 Å². The number of ether oxygens (including phenoxy) is 1. The standard InChI is InChI=1S/C25H23N3O3/c1-31-24-19(25(30)26-22(16-29)18-10-6-3-7-11-18)13-15-21-23(24)20(27-28-21)14-12-17-8-4-2-5-9-17/h2-15,22,29H,16H2,1H3,(H,26,30)(H,27,28)/t22-/m1/s1. The number of aromatic nitrogens is 2. The second-order valence-electron chi connectivity index (χ2n) is 7.04. The monoisotopic (exact) mass is 413 g/mol. The van der Waals surface area contributed by atoms with Gasteiger partial charge in [0.1, 0.15) is 5.75 Å². The van der Waals surface area contributed by atoms with Crippen LogP contribution in [0.1, 0.15) is 33.2 Å². The van der Waals surface area contributed by atoms with E-state index in [1.807, 2.05) is 72.8 Å². The van der Waals surface area contributed by atoms with Gasteiger partial charge in [0.25, 0.3) is 5.91 Å². The maximum absolute atomic E-state index is 13.1. The largest absolute Gasteiger partial charge is 0.495 e. The summed E-state index contributed by atoms with van der Waals surface area (Å²) in [5.41, 5.74) is 3.68. The normalized spacial score (nSPS) is 12.2. The van der Waals surface area contributed by atoms with E-state index in [0.29, 0.717) is 17.0 Å². The fourth-order valence-corrected chi connectivity index (χ4v) is 3.51. The number of methoxy groups -OCH3 is 1. The van der Waals surface area contributed by atoms with Gasteiger partial charge < -0.3 is 15.2 Å². The van der Waals surface area contributed by atoms with Gasteiger partial charge in [-0.2, -0.15) is 5.10 Å². The third-order valence-electron chi connectivity index (χ3n) is 5.08. The van der Waals surface area contributed by atoms with Gasteiger partial charge in [0.05, 0.1) is 41.9 Å². The van der Waals surface area contributed by atoms with Gasteiger partial charge in [-0.15, -0.1) is 0 Å². The lowest BCUT2D eigenvalue weighted by atomic mass is 10.0. The summed E-state index contributed by atoms with van der Waals surface area (Å²) in [5.74, 6) is 0.0991. The Morgan fingerprint density at radius 2 is 1.77 bits per heavy atom. The molecule has 4 rings (SSSR count). The van der Waals surface area contributed by atoms with Crippen LogP contribution in [0.5, 0.6) is 5.75 Å². The number of aliphatic hydroxyl groups is 1. The molecule has 1 heterocycles. The van der Waals surface area contributed by atoms with Crippen molar-refractivity contribution in [2.45, 2.75) is 6.04 Å². The van der Waals surface area contributed by atoms with E-state index in [2.05, 4.69) is 15.5 Å². The number of carbonyl (C=O) groups is 1. The molecule has 3 N–H and O–H groups in total. The Balaban J connectivity index is 1.68. The van der Waals surface area contributed by atoms with Gasteiger partial charge >= 0.3 is 0 Å². The fourth-order valence-electron chi connectivity index (χ4n) is 3.51. The average molecular weight is 413 g/mol. The van der Waals surface area contributed by atoms with Crippen molar-refractivity contribution in [3.05, 3.63) is 95.2 Å². The summed E-state index contributed by atoms with van der Waals surface area (Å²) in [6.45, 7) is -0.211. The van der Waals surface area contributed by atoms with Gasteiger partial charge in [-0.25, -0.2) is 0 Å². The average Bonchev–Trinajstić information content (AvgIpc) is 3.25. The first-order chi connectivity index (χ1) is 15.2. The van der Waals surface area contributed by atoms with Crippen molar-refractivity contribution in [1.82, 2.24) is 15.5 Å². The van der Waals surface area contributed by atoms with Crippen LogP contribution >= 0.6 is 0 Å². The maximum atomic E-state index is 13.1. The number of aliphatic hydroxyl groups excluding tert-OH is 1. The number of nitrogens with zero attached hydrogens (tertiary/aromatic N) is 1. The molecule has 3 aromatic carbocycles. The number of nitrogens with one attached hydrogen (secondary N) is 2. The second-order valence-corrected chi connectivity index (χ2v) is 7.04. The van der Waals surface area contributed by atoms with E-state index in [1.165, 1.54) is 7.11 Å². The van der Waals surface area contributed by atoms with E-state index in [-0.39, 0.29) is 12.5 Å². The van der Waals surface area contributed by atoms with E-state index < -0.39 is 6.04 Å². The number of hydrogen-bond acceptors (Lipinski definition) is 4. The molecule has 0 saturated carbocycles. The molecule has 0 aliphatic carbocycles. The van der Waals surface area contributed by atoms with E-state index in [1.54, 1.807) is 12.1 Å². The third kappa shape index (κ3) is 4.34. The molecule has 0 fully saturated rings. The Morgan fingerprint density at radius 3 is 2.45 bits per heavy atom. The van der Waals surface area contributed by atoms with Gasteiger partial charge in [0.15, 0.2) is 0 Å². The van der Waals surface area contributed by atoms with Crippen molar-refractivity contribution in [2.75, 3.05) is 13.7 Å². The highest BCUT2D eigenvalue weighted by atomic mass is 16.5. The molecular weight excluding hydrogens is 390 g/mol. The maximum Gasteiger partial charge on any atom is 0.255 e. The molecule has 0 spiro atoms. The number of H-pyrrole nitrogens is 1. The van der Waals surface area contributed by atoms with Gasteiger partial charge in [-0.3, -0.25) is 9.89 Å². The Morgan fingerprint density at radius 1 is 1.06 bits per heavy atom. The zero-order valence-corrected chi connectivity index (χ0v) is 17.1. The number of benzene rings is 3. The quantitative estimate of drug-likeness (QED) is 0.424. The molecule has 1 atom stereocenters. The number of rotatable bonds is 7. The summed E-state index contributed by atoms with van der Waals surface area (Å²) in [6.07, 6.45) is 3.85. The molecule has 0 bridgehead atoms. The van der Waals surface area contributed by atoms with Crippen LogP contribution in [0.25, 0.3) is 23.1 Å². The molecule has 0 aliphatic heterocycles. The zero-order valence-electron chi connectivity index (χ0n) is 17.1. The number of amides is 1. The SMILES string of the molecule is COc1c(C(=O)N[C@H](CO)c2ccccc2)ccc2[nH]nc(C=Cc3ccccc3)c12. The summed E-state index contributed by atoms with van der Waals surface area (Å²) in [4.78, 5) is 13.1. The van der Waals surface area contributed by atoms with E-state index in [9.17, 15) is 9.90 Å². The molecule has 4 aromatic rings. The molecule has 0 unspecified atom stereocenters. The van der Waals surface area contributed by atoms with Crippen molar-refractivity contribution in [3.8, 4) is 5.75 Å². The molecule has 6 heteroatoms. The molecule has 1 aromatic heterocycles. The van der Waals surface area contributed by atoms with E-state index in [4.69, 9.17) is 4.74 Å². The molecule has 0 radical (unpaired) electrons. The van der Waals surface area contributed by atoms with Crippen molar-refractivity contribution < 1.29 is 14.6 Å². The van der Waals surface area contributed by atoms with Crippen LogP contribution in [-0.2, 0) is 0 Å². The lowest BCUT2D eigenvalue weighted by Crippen LogP contribution is -2.31. The smallest absolute Gasteiger partial charge is 0.255 e. The molecule has 1 amide bonds. The Labute approximate surface area is 180 Å². The van der Waals surface area contributed by atoms with E-state index in [0.717, 1.165) is 22.0 Å². The summed E-state index contributed by atoms with van der Waals surface area (Å²) in [7, 11) is 1.53. The molecular formula is C25H23N3O3. The van der Waals surface area contributed by atoms with Crippen LogP contribution in [0.4, 0.5) is 0 Å². The van der Waals surface area contributed by atoms with Crippen LogP contribution in [0.15, 0.2) is 72.8 Å². The van der Waals surface area contributed by atoms with Crippen LogP contribution in [0, 0.1) is 0 Å². The van der Waals surface area contributed by atoms with E-state index >= 15 is 0 Å². The molecule has 31 heavy (non-hydrogen) atoms. The summed E-state index contributed by atoms with van der Waals surface area (Å²) >= 11 is 0. The minimum atomic E-state index is -0.518. The number of aromatic amines is 1. The fraction of sp³-hybridized carbons (Fsp3) is 0.120. The predicted molar refractivity (Wildman–Crippen MR) is 122 cm³/mol. The highest BCUT2D eigenvalue weighted by Crippen LogP contribution is 2.32. The minimum Gasteiger partial charge on any atom is -0.495 e. The third-order valence-corrected chi connectivity index (χ3v) is 5.08. The van der Waals surface area contributed by atoms with Gasteiger partial charge in [0, 0.05) is 0 Å². The first-order valence-corrected chi connectivity index (χ1v) is 9.96. The van der Waals surface area contributed by atoms with Gasteiger partial charge in [-0.1, -0.05) is 66.7 Å². The van der Waals surface area contributed by atoms with Gasteiger partial charge in [-0.05, 0) is 29.3 Å². The highest BCUT2D eigenvalue weighted by Gasteiger charge is 2.21. The topological polar surface area (TPSA) is 87.2 Å². The van der Waals surface area contributed by atoms with Crippen molar-refractivity contribution in [2.24, 2.45) is 0 Å². The number of hydrogen-bond donors (Lipinski definition) is 3. The summed E-state index contributed by atoms with van der Waals surface area (Å²) in [6, 6.07) is 22.2. The minimum absolute atomic E-state index is 0.211. The van der Waals surface area contributed by atoms with Crippen LogP contribution in [0.3, 0.4) is 0 Å². The zero-order chi connectivity index (χ0) is 21.6. The molecule has 0 saturated heterocycles. The van der Waals surface area contributed by atoms with Gasteiger partial charge in [0.2, 0.25) is 0 Å². The van der Waals surface area contributed by atoms with Crippen molar-refractivity contribution >= 4 is 29.0 Å². The lowest BCUT2D eigenvalue weighted by Gasteiger charge is -2.18.